The number of hydrogen-bond donors (Lipinski definition) is 1. The number of alkyl halides is 3. The highest BCUT2D eigenvalue weighted by Crippen LogP contribution is 2.32. The van der Waals surface area contributed by atoms with Crippen molar-refractivity contribution in [2.24, 2.45) is 0 Å². The number of aliphatic hydroxyl groups is 1. The van der Waals surface area contributed by atoms with Crippen molar-refractivity contribution < 1.29 is 22.7 Å². The molecule has 0 aliphatic heterocycles. The summed E-state index contributed by atoms with van der Waals surface area (Å²) in [5.74, 6) is -0.646. The van der Waals surface area contributed by atoms with E-state index < -0.39 is 11.7 Å². The van der Waals surface area contributed by atoms with E-state index in [0.29, 0.717) is 12.0 Å². The molecule has 0 saturated heterocycles. The first kappa shape index (κ1) is 15.5. The van der Waals surface area contributed by atoms with Crippen molar-refractivity contribution in [1.29, 1.82) is 0 Å². The van der Waals surface area contributed by atoms with Gasteiger partial charge in [0.25, 0.3) is 0 Å². The lowest BCUT2D eigenvalue weighted by Gasteiger charge is -2.18. The molecule has 2 aromatic carbocycles. The van der Waals surface area contributed by atoms with Crippen LogP contribution in [0.3, 0.4) is 0 Å². The monoisotopic (exact) mass is 298 g/mol. The van der Waals surface area contributed by atoms with Gasteiger partial charge in [-0.25, -0.2) is 4.39 Å². The van der Waals surface area contributed by atoms with Crippen molar-refractivity contribution in [3.63, 3.8) is 0 Å². The second-order valence-electron chi connectivity index (χ2n) is 4.74. The fraction of sp³-hybridized carbons (Fsp3) is 0.250. The van der Waals surface area contributed by atoms with Crippen molar-refractivity contribution >= 4 is 0 Å². The number of hydrogen-bond acceptors (Lipinski definition) is 1. The molecule has 0 heterocycles. The van der Waals surface area contributed by atoms with Gasteiger partial charge in [0.05, 0.1) is 5.56 Å². The lowest BCUT2D eigenvalue weighted by Crippen LogP contribution is -2.07. The van der Waals surface area contributed by atoms with E-state index in [1.165, 1.54) is 24.3 Å². The van der Waals surface area contributed by atoms with Crippen LogP contribution in [0.5, 0.6) is 0 Å². The van der Waals surface area contributed by atoms with Crippen molar-refractivity contribution in [1.82, 2.24) is 0 Å². The molecule has 0 fully saturated rings. The lowest BCUT2D eigenvalue weighted by molar-refractivity contribution is -0.137. The van der Waals surface area contributed by atoms with Gasteiger partial charge in [-0.1, -0.05) is 24.3 Å². The summed E-state index contributed by atoms with van der Waals surface area (Å²) in [7, 11) is 0. The van der Waals surface area contributed by atoms with Gasteiger partial charge < -0.3 is 5.11 Å². The third-order valence-corrected chi connectivity index (χ3v) is 3.33. The molecule has 0 aliphatic rings. The minimum atomic E-state index is -4.37. The summed E-state index contributed by atoms with van der Waals surface area (Å²) in [6.45, 7) is -0.108. The van der Waals surface area contributed by atoms with Gasteiger partial charge in [-0.2, -0.15) is 13.2 Å². The summed E-state index contributed by atoms with van der Waals surface area (Å²) in [5.41, 5.74) is 0.696. The van der Waals surface area contributed by atoms with Crippen molar-refractivity contribution in [2.75, 3.05) is 6.61 Å². The summed E-state index contributed by atoms with van der Waals surface area (Å²) in [6.07, 6.45) is -4.02. The van der Waals surface area contributed by atoms with Gasteiger partial charge in [-0.3, -0.25) is 0 Å². The molecule has 0 unspecified atom stereocenters. The number of rotatable bonds is 4. The molecular formula is C16H14F4O. The van der Waals surface area contributed by atoms with Gasteiger partial charge >= 0.3 is 6.18 Å². The molecule has 0 aromatic heterocycles. The summed E-state index contributed by atoms with van der Waals surface area (Å²) < 4.78 is 50.6. The Morgan fingerprint density at radius 3 is 1.76 bits per heavy atom. The standard InChI is InChI=1S/C16H14F4O/c17-14-7-3-12(4-8-14)15(9-10-21)11-1-5-13(6-2-11)16(18,19)20/h1-8,15,21H,9-10H2/t15-/m1/s1. The molecular weight excluding hydrogens is 284 g/mol. The molecule has 21 heavy (non-hydrogen) atoms. The number of halogens is 4. The first-order valence-corrected chi connectivity index (χ1v) is 6.45. The maximum atomic E-state index is 12.9. The molecule has 112 valence electrons. The third kappa shape index (κ3) is 3.82. The van der Waals surface area contributed by atoms with Crippen LogP contribution in [-0.2, 0) is 6.18 Å². The van der Waals surface area contributed by atoms with Crippen molar-refractivity contribution in [3.8, 4) is 0 Å². The normalized spacial score (nSPS) is 13.2. The Labute approximate surface area is 119 Å². The molecule has 1 nitrogen and oxygen atoms in total. The predicted octanol–water partition coefficient (Wildman–Crippen LogP) is 4.36. The Bertz CT molecular complexity index is 573. The van der Waals surface area contributed by atoms with Crippen molar-refractivity contribution in [2.45, 2.75) is 18.5 Å². The van der Waals surface area contributed by atoms with Gasteiger partial charge in [0.1, 0.15) is 5.82 Å². The molecule has 0 aliphatic carbocycles. The van der Waals surface area contributed by atoms with E-state index in [1.807, 2.05) is 0 Å². The molecule has 0 saturated carbocycles. The third-order valence-electron chi connectivity index (χ3n) is 3.33. The number of aliphatic hydroxyl groups excluding tert-OH is 1. The fourth-order valence-corrected chi connectivity index (χ4v) is 2.25. The molecule has 0 spiro atoms. The van der Waals surface area contributed by atoms with E-state index in [9.17, 15) is 17.6 Å². The van der Waals surface area contributed by atoms with Crippen LogP contribution in [0.1, 0.15) is 29.0 Å². The van der Waals surface area contributed by atoms with Gasteiger partial charge in [0, 0.05) is 12.5 Å². The Hall–Kier alpha value is -1.88. The summed E-state index contributed by atoms with van der Waals surface area (Å²) in [4.78, 5) is 0. The minimum Gasteiger partial charge on any atom is -0.396 e. The van der Waals surface area contributed by atoms with Gasteiger partial charge in [-0.05, 0) is 41.8 Å². The molecule has 0 radical (unpaired) electrons. The summed E-state index contributed by atoms with van der Waals surface area (Å²) in [5, 5.41) is 9.14. The lowest BCUT2D eigenvalue weighted by atomic mass is 9.88. The zero-order chi connectivity index (χ0) is 15.5. The van der Waals surface area contributed by atoms with Crippen LogP contribution in [0.4, 0.5) is 17.6 Å². The maximum Gasteiger partial charge on any atom is 0.416 e. The topological polar surface area (TPSA) is 20.2 Å². The van der Waals surface area contributed by atoms with Crippen LogP contribution in [0.2, 0.25) is 0 Å². The molecule has 2 aromatic rings. The average molecular weight is 298 g/mol. The van der Waals surface area contributed by atoms with E-state index in [4.69, 9.17) is 5.11 Å². The average Bonchev–Trinajstić information content (AvgIpc) is 2.45. The smallest absolute Gasteiger partial charge is 0.396 e. The highest BCUT2D eigenvalue weighted by Gasteiger charge is 2.30. The summed E-state index contributed by atoms with van der Waals surface area (Å²) >= 11 is 0. The Kier molecular flexibility index (Phi) is 4.63. The van der Waals surface area contributed by atoms with Crippen LogP contribution in [-0.4, -0.2) is 11.7 Å². The number of benzene rings is 2. The molecule has 0 bridgehead atoms. The zero-order valence-corrected chi connectivity index (χ0v) is 11.1. The van der Waals surface area contributed by atoms with Crippen LogP contribution in [0.25, 0.3) is 0 Å². The maximum absolute atomic E-state index is 12.9. The van der Waals surface area contributed by atoms with E-state index in [2.05, 4.69) is 0 Å². The summed E-state index contributed by atoms with van der Waals surface area (Å²) in [6, 6.07) is 10.6. The Morgan fingerprint density at radius 2 is 1.33 bits per heavy atom. The van der Waals surface area contributed by atoms with Gasteiger partial charge in [0.2, 0.25) is 0 Å². The van der Waals surface area contributed by atoms with E-state index >= 15 is 0 Å². The van der Waals surface area contributed by atoms with Crippen LogP contribution in [0.15, 0.2) is 48.5 Å². The second-order valence-corrected chi connectivity index (χ2v) is 4.74. The molecule has 5 heteroatoms. The SMILES string of the molecule is OCC[C@@H](c1ccc(F)cc1)c1ccc(C(F)(F)F)cc1. The van der Waals surface area contributed by atoms with E-state index in [-0.39, 0.29) is 18.3 Å². The molecule has 2 rings (SSSR count). The Morgan fingerprint density at radius 1 is 0.857 bits per heavy atom. The largest absolute Gasteiger partial charge is 0.416 e. The molecule has 1 N–H and O–H groups in total. The highest BCUT2D eigenvalue weighted by molar-refractivity contribution is 5.35. The van der Waals surface area contributed by atoms with Crippen LogP contribution < -0.4 is 0 Å². The minimum absolute atomic E-state index is 0.108. The van der Waals surface area contributed by atoms with Gasteiger partial charge in [0.15, 0.2) is 0 Å². The second kappa shape index (κ2) is 6.26. The zero-order valence-electron chi connectivity index (χ0n) is 11.1. The highest BCUT2D eigenvalue weighted by atomic mass is 19.4. The first-order valence-electron chi connectivity index (χ1n) is 6.45. The van der Waals surface area contributed by atoms with E-state index in [1.54, 1.807) is 12.1 Å². The fourth-order valence-electron chi connectivity index (χ4n) is 2.25. The predicted molar refractivity (Wildman–Crippen MR) is 71.4 cm³/mol. The quantitative estimate of drug-likeness (QED) is 0.832. The van der Waals surface area contributed by atoms with E-state index in [0.717, 1.165) is 17.7 Å². The molecule has 1 atom stereocenters. The van der Waals surface area contributed by atoms with Crippen molar-refractivity contribution in [3.05, 3.63) is 71.0 Å². The van der Waals surface area contributed by atoms with Gasteiger partial charge in [-0.15, -0.1) is 0 Å². The first-order chi connectivity index (χ1) is 9.91. The Balaban J connectivity index is 2.32. The van der Waals surface area contributed by atoms with Crippen LogP contribution in [0, 0.1) is 5.82 Å². The van der Waals surface area contributed by atoms with Crippen LogP contribution >= 0.6 is 0 Å². The molecule has 0 amide bonds.